The SMILES string of the molecule is COc1ccc([C@@H](C(F)F)N2CCNCC2)cc1F.Cl.Cl. The first-order chi connectivity index (χ1) is 9.13. The van der Waals surface area contributed by atoms with E-state index in [-0.39, 0.29) is 36.1 Å². The number of alkyl halides is 2. The third-order valence-corrected chi connectivity index (χ3v) is 3.30. The summed E-state index contributed by atoms with van der Waals surface area (Å²) in [5.41, 5.74) is 0.287. The van der Waals surface area contributed by atoms with Gasteiger partial charge in [-0.1, -0.05) is 6.07 Å². The smallest absolute Gasteiger partial charge is 0.258 e. The fraction of sp³-hybridized carbons (Fsp3) is 0.538. The molecular weight excluding hydrogens is 328 g/mol. The number of ether oxygens (including phenoxy) is 1. The van der Waals surface area contributed by atoms with Gasteiger partial charge in [0.2, 0.25) is 0 Å². The van der Waals surface area contributed by atoms with Crippen LogP contribution in [0.15, 0.2) is 18.2 Å². The number of nitrogens with one attached hydrogen (secondary N) is 1. The first kappa shape index (κ1) is 20.3. The highest BCUT2D eigenvalue weighted by atomic mass is 35.5. The highest BCUT2D eigenvalue weighted by Gasteiger charge is 2.30. The summed E-state index contributed by atoms with van der Waals surface area (Å²) in [5.74, 6) is -0.544. The van der Waals surface area contributed by atoms with E-state index in [1.54, 1.807) is 4.90 Å². The van der Waals surface area contributed by atoms with Crippen LogP contribution in [0.1, 0.15) is 11.6 Å². The third kappa shape index (κ3) is 4.92. The number of hydrogen-bond donors (Lipinski definition) is 1. The molecule has 3 nitrogen and oxygen atoms in total. The van der Waals surface area contributed by atoms with E-state index in [0.29, 0.717) is 26.2 Å². The molecule has 0 amide bonds. The molecular formula is C13H19Cl2F3N2O. The standard InChI is InChI=1S/C13H17F3N2O.2ClH/c1-19-11-3-2-9(8-10(11)14)12(13(15)16)18-6-4-17-5-7-18;;/h2-3,8,12-13,17H,4-7H2,1H3;2*1H/t12-;;/m0../s1. The van der Waals surface area contributed by atoms with Gasteiger partial charge in [0.1, 0.15) is 0 Å². The molecule has 0 spiro atoms. The quantitative estimate of drug-likeness (QED) is 0.907. The van der Waals surface area contributed by atoms with Gasteiger partial charge in [-0.15, -0.1) is 24.8 Å². The van der Waals surface area contributed by atoms with Crippen LogP contribution < -0.4 is 10.1 Å². The van der Waals surface area contributed by atoms with Crippen molar-refractivity contribution in [3.63, 3.8) is 0 Å². The maximum atomic E-state index is 13.6. The van der Waals surface area contributed by atoms with Crippen molar-refractivity contribution >= 4 is 24.8 Å². The molecule has 1 fully saturated rings. The number of piperazine rings is 1. The molecule has 0 radical (unpaired) electrons. The molecule has 1 aromatic carbocycles. The Kier molecular flexibility index (Phi) is 9.04. The number of hydrogen-bond acceptors (Lipinski definition) is 3. The zero-order valence-corrected chi connectivity index (χ0v) is 13.2. The van der Waals surface area contributed by atoms with Crippen molar-refractivity contribution in [1.29, 1.82) is 0 Å². The van der Waals surface area contributed by atoms with E-state index in [1.807, 2.05) is 0 Å². The molecule has 1 N–H and O–H groups in total. The van der Waals surface area contributed by atoms with Crippen molar-refractivity contribution in [2.45, 2.75) is 12.5 Å². The van der Waals surface area contributed by atoms with Gasteiger partial charge < -0.3 is 10.1 Å². The summed E-state index contributed by atoms with van der Waals surface area (Å²) in [6.45, 7) is 2.40. The van der Waals surface area contributed by atoms with E-state index in [2.05, 4.69) is 5.32 Å². The van der Waals surface area contributed by atoms with E-state index in [1.165, 1.54) is 19.2 Å². The van der Waals surface area contributed by atoms with Gasteiger partial charge in [0.15, 0.2) is 11.6 Å². The Morgan fingerprint density at radius 1 is 1.19 bits per heavy atom. The van der Waals surface area contributed by atoms with Gasteiger partial charge in [0.25, 0.3) is 6.43 Å². The maximum Gasteiger partial charge on any atom is 0.258 e. The molecule has 1 atom stereocenters. The highest BCUT2D eigenvalue weighted by molar-refractivity contribution is 5.85. The second-order valence-electron chi connectivity index (χ2n) is 4.46. The lowest BCUT2D eigenvalue weighted by Crippen LogP contribution is -2.46. The minimum absolute atomic E-state index is 0. The molecule has 8 heteroatoms. The number of nitrogens with zero attached hydrogens (tertiary/aromatic N) is 1. The summed E-state index contributed by atoms with van der Waals surface area (Å²) in [6, 6.07) is 2.96. The van der Waals surface area contributed by atoms with Crippen LogP contribution in [0.25, 0.3) is 0 Å². The summed E-state index contributed by atoms with van der Waals surface area (Å²) in [7, 11) is 1.35. The lowest BCUT2D eigenvalue weighted by Gasteiger charge is -2.34. The van der Waals surface area contributed by atoms with Crippen LogP contribution >= 0.6 is 24.8 Å². The van der Waals surface area contributed by atoms with Crippen LogP contribution in [0.3, 0.4) is 0 Å². The van der Waals surface area contributed by atoms with E-state index in [9.17, 15) is 13.2 Å². The van der Waals surface area contributed by atoms with Crippen LogP contribution in [0.2, 0.25) is 0 Å². The van der Waals surface area contributed by atoms with Crippen LogP contribution in [0.5, 0.6) is 5.75 Å². The first-order valence-corrected chi connectivity index (χ1v) is 6.20. The second kappa shape index (κ2) is 9.35. The summed E-state index contributed by atoms with van der Waals surface area (Å²) < 4.78 is 45.0. The molecule has 21 heavy (non-hydrogen) atoms. The molecule has 122 valence electrons. The molecule has 0 unspecified atom stereocenters. The molecule has 0 saturated carbocycles. The predicted octanol–water partition coefficient (Wildman–Crippen LogP) is 2.89. The Morgan fingerprint density at radius 3 is 2.29 bits per heavy atom. The van der Waals surface area contributed by atoms with Gasteiger partial charge in [-0.2, -0.15) is 0 Å². The van der Waals surface area contributed by atoms with Crippen molar-refractivity contribution in [3.8, 4) is 5.75 Å². The van der Waals surface area contributed by atoms with E-state index >= 15 is 0 Å². The summed E-state index contributed by atoms with van der Waals surface area (Å²) in [4.78, 5) is 1.68. The van der Waals surface area contributed by atoms with Gasteiger partial charge >= 0.3 is 0 Å². The van der Waals surface area contributed by atoms with E-state index < -0.39 is 18.3 Å². The van der Waals surface area contributed by atoms with Crippen LogP contribution in [-0.4, -0.2) is 44.6 Å². The molecule has 0 aromatic heterocycles. The lowest BCUT2D eigenvalue weighted by molar-refractivity contribution is 0.0180. The topological polar surface area (TPSA) is 24.5 Å². The van der Waals surface area contributed by atoms with Crippen LogP contribution in [-0.2, 0) is 0 Å². The average Bonchev–Trinajstić information content (AvgIpc) is 2.40. The monoisotopic (exact) mass is 346 g/mol. The third-order valence-electron chi connectivity index (χ3n) is 3.30. The largest absolute Gasteiger partial charge is 0.494 e. The Morgan fingerprint density at radius 2 is 1.81 bits per heavy atom. The Bertz CT molecular complexity index is 432. The van der Waals surface area contributed by atoms with Crippen molar-refractivity contribution < 1.29 is 17.9 Å². The minimum atomic E-state index is -2.55. The molecule has 2 rings (SSSR count). The van der Waals surface area contributed by atoms with Crippen molar-refractivity contribution in [1.82, 2.24) is 10.2 Å². The van der Waals surface area contributed by atoms with E-state index in [4.69, 9.17) is 4.74 Å². The zero-order valence-electron chi connectivity index (χ0n) is 11.5. The zero-order chi connectivity index (χ0) is 13.8. The number of rotatable bonds is 4. The van der Waals surface area contributed by atoms with Gasteiger partial charge in [0.05, 0.1) is 13.2 Å². The molecule has 1 aliphatic heterocycles. The highest BCUT2D eigenvalue weighted by Crippen LogP contribution is 2.30. The Hall–Kier alpha value is -0.690. The fourth-order valence-corrected chi connectivity index (χ4v) is 2.34. The molecule has 1 aromatic rings. The maximum absolute atomic E-state index is 13.6. The second-order valence-corrected chi connectivity index (χ2v) is 4.46. The lowest BCUT2D eigenvalue weighted by atomic mass is 10.0. The number of benzene rings is 1. The summed E-state index contributed by atoms with van der Waals surface area (Å²) in [5, 5.41) is 3.11. The van der Waals surface area contributed by atoms with Crippen LogP contribution in [0.4, 0.5) is 13.2 Å². The summed E-state index contributed by atoms with van der Waals surface area (Å²) in [6.07, 6.45) is -2.55. The van der Waals surface area contributed by atoms with Gasteiger partial charge in [-0.05, 0) is 17.7 Å². The fourth-order valence-electron chi connectivity index (χ4n) is 2.34. The van der Waals surface area contributed by atoms with Gasteiger partial charge in [-0.3, -0.25) is 4.90 Å². The number of halogens is 5. The number of methoxy groups -OCH3 is 1. The molecule has 1 heterocycles. The Balaban J connectivity index is 0.00000200. The van der Waals surface area contributed by atoms with Crippen molar-refractivity contribution in [2.24, 2.45) is 0 Å². The van der Waals surface area contributed by atoms with E-state index in [0.717, 1.165) is 6.07 Å². The molecule has 1 aliphatic rings. The first-order valence-electron chi connectivity index (χ1n) is 6.20. The predicted molar refractivity (Wildman–Crippen MR) is 80.6 cm³/mol. The summed E-state index contributed by atoms with van der Waals surface area (Å²) >= 11 is 0. The normalized spacial score (nSPS) is 16.8. The molecule has 1 saturated heterocycles. The Labute approximate surface area is 134 Å². The van der Waals surface area contributed by atoms with Gasteiger partial charge in [-0.25, -0.2) is 13.2 Å². The molecule has 0 bridgehead atoms. The van der Waals surface area contributed by atoms with Crippen molar-refractivity contribution in [2.75, 3.05) is 33.3 Å². The van der Waals surface area contributed by atoms with Crippen LogP contribution in [0, 0.1) is 5.82 Å². The van der Waals surface area contributed by atoms with Gasteiger partial charge in [0, 0.05) is 26.2 Å². The minimum Gasteiger partial charge on any atom is -0.494 e. The van der Waals surface area contributed by atoms with Crippen molar-refractivity contribution in [3.05, 3.63) is 29.6 Å². The average molecular weight is 347 g/mol. The molecule has 0 aliphatic carbocycles.